The molecule has 4 heteroatoms. The molecule has 2 nitrogen and oxygen atoms in total. The van der Waals surface area contributed by atoms with Crippen LogP contribution in [0.5, 0.6) is 5.75 Å². The van der Waals surface area contributed by atoms with Gasteiger partial charge in [0, 0.05) is 12.5 Å². The molecule has 0 spiro atoms. The summed E-state index contributed by atoms with van der Waals surface area (Å²) in [6.07, 6.45) is 0.436. The first-order valence-electron chi connectivity index (χ1n) is 6.56. The summed E-state index contributed by atoms with van der Waals surface area (Å²) in [5.41, 5.74) is 2.32. The molecule has 104 valence electrons. The summed E-state index contributed by atoms with van der Waals surface area (Å²) in [4.78, 5) is 0. The van der Waals surface area contributed by atoms with Crippen LogP contribution < -0.4 is 10.1 Å². The fourth-order valence-electron chi connectivity index (χ4n) is 2.74. The maximum absolute atomic E-state index is 13.7. The quantitative estimate of drug-likeness (QED) is 0.928. The van der Waals surface area contributed by atoms with Crippen LogP contribution in [0.4, 0.5) is 8.78 Å². The van der Waals surface area contributed by atoms with Gasteiger partial charge in [0.1, 0.15) is 11.9 Å². The summed E-state index contributed by atoms with van der Waals surface area (Å²) in [7, 11) is 1.84. The molecule has 0 amide bonds. The van der Waals surface area contributed by atoms with E-state index in [0.29, 0.717) is 6.42 Å². The number of hydrogen-bond donors (Lipinski definition) is 1. The second kappa shape index (κ2) is 5.21. The summed E-state index contributed by atoms with van der Waals surface area (Å²) in [5.74, 6) is -1.09. The lowest BCUT2D eigenvalue weighted by Crippen LogP contribution is -2.30. The topological polar surface area (TPSA) is 21.3 Å². The predicted octanol–water partition coefficient (Wildman–Crippen LogP) is 3.23. The lowest BCUT2D eigenvalue weighted by Gasteiger charge is -2.21. The van der Waals surface area contributed by atoms with E-state index < -0.39 is 11.6 Å². The largest absolute Gasteiger partial charge is 0.485 e. The Morgan fingerprint density at radius 1 is 1.15 bits per heavy atom. The van der Waals surface area contributed by atoms with Crippen molar-refractivity contribution in [1.82, 2.24) is 5.32 Å². The van der Waals surface area contributed by atoms with E-state index >= 15 is 0 Å². The van der Waals surface area contributed by atoms with Crippen LogP contribution in [0.2, 0.25) is 0 Å². The normalized spacial score (nSPS) is 20.8. The van der Waals surface area contributed by atoms with Crippen LogP contribution in [0.25, 0.3) is 0 Å². The Balaban J connectivity index is 1.87. The molecule has 1 aliphatic carbocycles. The monoisotopic (exact) mass is 275 g/mol. The standard InChI is InChI=1S/C16H15F2NO/c1-19-16-12-5-3-2-4-10(12)8-15(16)20-14-9-11(17)6-7-13(14)18/h2-7,9,15-16,19H,8H2,1H3. The van der Waals surface area contributed by atoms with Crippen molar-refractivity contribution in [2.24, 2.45) is 0 Å². The van der Waals surface area contributed by atoms with Gasteiger partial charge in [0.15, 0.2) is 11.6 Å². The zero-order valence-corrected chi connectivity index (χ0v) is 11.1. The van der Waals surface area contributed by atoms with E-state index in [1.165, 1.54) is 5.56 Å². The minimum Gasteiger partial charge on any atom is -0.485 e. The Morgan fingerprint density at radius 2 is 1.95 bits per heavy atom. The minimum absolute atomic E-state index is 0.0196. The van der Waals surface area contributed by atoms with Crippen molar-refractivity contribution in [3.63, 3.8) is 0 Å². The van der Waals surface area contributed by atoms with Crippen molar-refractivity contribution in [2.45, 2.75) is 18.6 Å². The van der Waals surface area contributed by atoms with Gasteiger partial charge >= 0.3 is 0 Å². The Bertz CT molecular complexity index is 630. The molecule has 0 heterocycles. The summed E-state index contributed by atoms with van der Waals surface area (Å²) in [6.45, 7) is 0. The zero-order chi connectivity index (χ0) is 14.1. The van der Waals surface area contributed by atoms with Gasteiger partial charge in [0.25, 0.3) is 0 Å². The second-order valence-corrected chi connectivity index (χ2v) is 4.90. The third-order valence-electron chi connectivity index (χ3n) is 3.67. The number of fused-ring (bicyclic) bond motifs is 1. The molecule has 0 saturated heterocycles. The van der Waals surface area contributed by atoms with Gasteiger partial charge in [-0.1, -0.05) is 24.3 Å². The van der Waals surface area contributed by atoms with Gasteiger partial charge in [0.2, 0.25) is 0 Å². The highest BCUT2D eigenvalue weighted by molar-refractivity contribution is 5.37. The number of hydrogen-bond acceptors (Lipinski definition) is 2. The van der Waals surface area contributed by atoms with Crippen molar-refractivity contribution in [3.05, 3.63) is 65.2 Å². The van der Waals surface area contributed by atoms with Crippen LogP contribution in [0.15, 0.2) is 42.5 Å². The van der Waals surface area contributed by atoms with Crippen LogP contribution in [-0.4, -0.2) is 13.2 Å². The Hall–Kier alpha value is -1.94. The Morgan fingerprint density at radius 3 is 2.75 bits per heavy atom. The van der Waals surface area contributed by atoms with E-state index in [4.69, 9.17) is 4.74 Å². The average molecular weight is 275 g/mol. The number of benzene rings is 2. The number of halogens is 2. The Labute approximate surface area is 116 Å². The van der Waals surface area contributed by atoms with Crippen molar-refractivity contribution in [1.29, 1.82) is 0 Å². The Kier molecular flexibility index (Phi) is 3.40. The third-order valence-corrected chi connectivity index (χ3v) is 3.67. The van der Waals surface area contributed by atoms with E-state index in [2.05, 4.69) is 5.32 Å². The summed E-state index contributed by atoms with van der Waals surface area (Å²) in [5, 5.41) is 3.18. The molecule has 3 rings (SSSR count). The molecule has 2 atom stereocenters. The van der Waals surface area contributed by atoms with E-state index in [-0.39, 0.29) is 17.9 Å². The lowest BCUT2D eigenvalue weighted by molar-refractivity contribution is 0.163. The number of rotatable bonds is 3. The molecule has 0 radical (unpaired) electrons. The van der Waals surface area contributed by atoms with Gasteiger partial charge < -0.3 is 10.1 Å². The van der Waals surface area contributed by atoms with Crippen molar-refractivity contribution in [2.75, 3.05) is 7.05 Å². The van der Waals surface area contributed by atoms with Crippen LogP contribution in [0.1, 0.15) is 17.2 Å². The number of ether oxygens (including phenoxy) is 1. The highest BCUT2D eigenvalue weighted by Gasteiger charge is 2.33. The highest BCUT2D eigenvalue weighted by atomic mass is 19.1. The van der Waals surface area contributed by atoms with Crippen molar-refractivity contribution < 1.29 is 13.5 Å². The van der Waals surface area contributed by atoms with E-state index in [9.17, 15) is 8.78 Å². The van der Waals surface area contributed by atoms with Gasteiger partial charge in [-0.25, -0.2) is 8.78 Å². The predicted molar refractivity (Wildman–Crippen MR) is 72.7 cm³/mol. The molecule has 0 bridgehead atoms. The fraction of sp³-hybridized carbons (Fsp3) is 0.250. The average Bonchev–Trinajstić information content (AvgIpc) is 2.80. The zero-order valence-electron chi connectivity index (χ0n) is 11.1. The van der Waals surface area contributed by atoms with Gasteiger partial charge in [-0.3, -0.25) is 0 Å². The van der Waals surface area contributed by atoms with E-state index in [0.717, 1.165) is 23.8 Å². The van der Waals surface area contributed by atoms with Gasteiger partial charge in [-0.2, -0.15) is 0 Å². The summed E-state index contributed by atoms with van der Waals surface area (Å²) >= 11 is 0. The fourth-order valence-corrected chi connectivity index (χ4v) is 2.74. The molecule has 2 aromatic rings. The SMILES string of the molecule is CNC1c2ccccc2CC1Oc1cc(F)ccc1F. The molecule has 0 aliphatic heterocycles. The number of nitrogens with one attached hydrogen (secondary N) is 1. The van der Waals surface area contributed by atoms with Crippen LogP contribution in [0, 0.1) is 11.6 Å². The molecular formula is C16H15F2NO. The highest BCUT2D eigenvalue weighted by Crippen LogP contribution is 2.34. The maximum atomic E-state index is 13.7. The smallest absolute Gasteiger partial charge is 0.165 e. The molecule has 1 N–H and O–H groups in total. The molecule has 0 aromatic heterocycles. The summed E-state index contributed by atoms with van der Waals surface area (Å²) < 4.78 is 32.6. The lowest BCUT2D eigenvalue weighted by atomic mass is 10.1. The molecule has 0 saturated carbocycles. The molecule has 1 aliphatic rings. The van der Waals surface area contributed by atoms with Gasteiger partial charge in [-0.05, 0) is 30.3 Å². The van der Waals surface area contributed by atoms with Crippen molar-refractivity contribution >= 4 is 0 Å². The third kappa shape index (κ3) is 2.27. The molecule has 2 unspecified atom stereocenters. The van der Waals surface area contributed by atoms with Crippen molar-refractivity contribution in [3.8, 4) is 5.75 Å². The maximum Gasteiger partial charge on any atom is 0.165 e. The first-order valence-corrected chi connectivity index (χ1v) is 6.56. The van der Waals surface area contributed by atoms with Gasteiger partial charge in [0.05, 0.1) is 6.04 Å². The summed E-state index contributed by atoms with van der Waals surface area (Å²) in [6, 6.07) is 11.2. The minimum atomic E-state index is -0.544. The number of likely N-dealkylation sites (N-methyl/N-ethyl adjacent to an activating group) is 1. The van der Waals surface area contributed by atoms with E-state index in [1.807, 2.05) is 31.3 Å². The van der Waals surface area contributed by atoms with Gasteiger partial charge in [-0.15, -0.1) is 0 Å². The molecule has 20 heavy (non-hydrogen) atoms. The molecular weight excluding hydrogens is 260 g/mol. The van der Waals surface area contributed by atoms with Crippen LogP contribution >= 0.6 is 0 Å². The molecule has 0 fully saturated rings. The van der Waals surface area contributed by atoms with E-state index in [1.54, 1.807) is 0 Å². The first kappa shape index (κ1) is 13.1. The van der Waals surface area contributed by atoms with Crippen LogP contribution in [-0.2, 0) is 6.42 Å². The van der Waals surface area contributed by atoms with Crippen LogP contribution in [0.3, 0.4) is 0 Å². The molecule has 2 aromatic carbocycles. The first-order chi connectivity index (χ1) is 9.69. The second-order valence-electron chi connectivity index (χ2n) is 4.90.